The molecule has 0 radical (unpaired) electrons. The number of allylic oxidation sites excluding steroid dienone is 26. The van der Waals surface area contributed by atoms with Gasteiger partial charge >= 0.3 is 17.9 Å². The number of rotatable bonds is 44. The summed E-state index contributed by atoms with van der Waals surface area (Å²) in [5, 5.41) is 0. The second-order valence-corrected chi connectivity index (χ2v) is 16.6. The predicted molar refractivity (Wildman–Crippen MR) is 288 cm³/mol. The number of carbonyl (C=O) groups is 3. The Morgan fingerprint density at radius 1 is 0.313 bits per heavy atom. The summed E-state index contributed by atoms with van der Waals surface area (Å²) in [6, 6.07) is 0. The molecule has 0 spiro atoms. The van der Waals surface area contributed by atoms with Crippen LogP contribution in [0.2, 0.25) is 0 Å². The Morgan fingerprint density at radius 2 is 0.627 bits per heavy atom. The molecule has 6 nitrogen and oxygen atoms in total. The zero-order valence-corrected chi connectivity index (χ0v) is 42.3. The molecule has 0 aliphatic carbocycles. The average Bonchev–Trinajstić information content (AvgIpc) is 3.33. The summed E-state index contributed by atoms with van der Waals surface area (Å²) in [7, 11) is 0. The molecule has 1 atom stereocenters. The van der Waals surface area contributed by atoms with Crippen molar-refractivity contribution in [3.63, 3.8) is 0 Å². The standard InChI is InChI=1S/C61H92O6/c1-4-7-10-13-16-19-22-25-27-29-31-33-34-36-39-42-45-48-51-54-60(63)66-57-58(56-65-59(62)53-50-47-44-41-38-24-21-18-15-12-9-6-3)67-61(64)55-52-49-46-43-40-37-35-32-30-28-26-23-20-17-14-11-8-5-2/h7,10-11,13-14,16-23,25-36,39,58H,4-6,8-9,12,15,24,37-38,40-57H2,1-3H3/b10-7-,14-11-,16-13-,20-17-,21-18-,22-19-,26-23-,27-25-,30-28-,31-29+,34-33-,35-32-,39-36-. The fourth-order valence-electron chi connectivity index (χ4n) is 6.39. The summed E-state index contributed by atoms with van der Waals surface area (Å²) < 4.78 is 16.7. The van der Waals surface area contributed by atoms with E-state index in [0.717, 1.165) is 103 Å². The van der Waals surface area contributed by atoms with Crippen LogP contribution in [0.1, 0.15) is 188 Å². The van der Waals surface area contributed by atoms with E-state index in [-0.39, 0.29) is 44.0 Å². The van der Waals surface area contributed by atoms with Crippen molar-refractivity contribution in [3.8, 4) is 0 Å². The number of carbonyl (C=O) groups excluding carboxylic acids is 3. The fourth-order valence-corrected chi connectivity index (χ4v) is 6.39. The first kappa shape index (κ1) is 62.0. The first-order valence-electron chi connectivity index (χ1n) is 26.2. The van der Waals surface area contributed by atoms with Gasteiger partial charge in [0, 0.05) is 19.3 Å². The highest BCUT2D eigenvalue weighted by Gasteiger charge is 2.19. The van der Waals surface area contributed by atoms with Crippen LogP contribution in [0.25, 0.3) is 0 Å². The highest BCUT2D eigenvalue weighted by atomic mass is 16.6. The Hall–Kier alpha value is -4.97. The van der Waals surface area contributed by atoms with E-state index in [1.54, 1.807) is 0 Å². The Labute approximate surface area is 409 Å². The van der Waals surface area contributed by atoms with Crippen molar-refractivity contribution in [2.45, 2.75) is 194 Å². The van der Waals surface area contributed by atoms with E-state index in [1.807, 2.05) is 109 Å². The molecular weight excluding hydrogens is 829 g/mol. The number of hydrogen-bond acceptors (Lipinski definition) is 6. The monoisotopic (exact) mass is 921 g/mol. The minimum atomic E-state index is -0.822. The largest absolute Gasteiger partial charge is 0.462 e. The van der Waals surface area contributed by atoms with Crippen molar-refractivity contribution >= 4 is 17.9 Å². The molecule has 0 aromatic rings. The van der Waals surface area contributed by atoms with Gasteiger partial charge < -0.3 is 14.2 Å². The van der Waals surface area contributed by atoms with Gasteiger partial charge in [-0.15, -0.1) is 0 Å². The summed E-state index contributed by atoms with van der Waals surface area (Å²) in [6.07, 6.45) is 77.8. The normalized spacial score (nSPS) is 13.4. The third-order valence-electron chi connectivity index (χ3n) is 10.3. The van der Waals surface area contributed by atoms with Crippen LogP contribution < -0.4 is 0 Å². The van der Waals surface area contributed by atoms with E-state index < -0.39 is 6.10 Å². The van der Waals surface area contributed by atoms with E-state index in [0.29, 0.717) is 12.8 Å². The predicted octanol–water partition coefficient (Wildman–Crippen LogP) is 17.4. The van der Waals surface area contributed by atoms with Crippen LogP contribution in [0.15, 0.2) is 158 Å². The molecule has 6 heteroatoms. The molecule has 0 aliphatic rings. The zero-order valence-electron chi connectivity index (χ0n) is 42.3. The second-order valence-electron chi connectivity index (χ2n) is 16.6. The third-order valence-corrected chi connectivity index (χ3v) is 10.3. The van der Waals surface area contributed by atoms with Gasteiger partial charge in [0.25, 0.3) is 0 Å². The van der Waals surface area contributed by atoms with E-state index in [2.05, 4.69) is 69.4 Å². The molecule has 67 heavy (non-hydrogen) atoms. The lowest BCUT2D eigenvalue weighted by Gasteiger charge is -2.18. The summed E-state index contributed by atoms with van der Waals surface area (Å²) in [6.45, 7) is 6.28. The van der Waals surface area contributed by atoms with Gasteiger partial charge in [0.1, 0.15) is 13.2 Å². The quantitative estimate of drug-likeness (QED) is 0.0199. The molecule has 0 fully saturated rings. The molecular formula is C61H92O6. The maximum atomic E-state index is 12.8. The van der Waals surface area contributed by atoms with Crippen LogP contribution in [0.4, 0.5) is 0 Å². The van der Waals surface area contributed by atoms with Crippen molar-refractivity contribution in [3.05, 3.63) is 158 Å². The smallest absolute Gasteiger partial charge is 0.306 e. The van der Waals surface area contributed by atoms with Gasteiger partial charge in [-0.2, -0.15) is 0 Å². The molecule has 0 heterocycles. The van der Waals surface area contributed by atoms with E-state index in [4.69, 9.17) is 14.2 Å². The lowest BCUT2D eigenvalue weighted by molar-refractivity contribution is -0.167. The Balaban J connectivity index is 4.60. The highest BCUT2D eigenvalue weighted by Crippen LogP contribution is 2.12. The van der Waals surface area contributed by atoms with Crippen molar-refractivity contribution < 1.29 is 28.6 Å². The van der Waals surface area contributed by atoms with Crippen molar-refractivity contribution in [1.82, 2.24) is 0 Å². The molecule has 0 rings (SSSR count). The molecule has 372 valence electrons. The molecule has 0 amide bonds. The first-order valence-corrected chi connectivity index (χ1v) is 26.2. The lowest BCUT2D eigenvalue weighted by atomic mass is 10.1. The maximum Gasteiger partial charge on any atom is 0.306 e. The van der Waals surface area contributed by atoms with Crippen molar-refractivity contribution in [2.75, 3.05) is 13.2 Å². The molecule has 0 aromatic carbocycles. The van der Waals surface area contributed by atoms with Crippen LogP contribution in [-0.4, -0.2) is 37.2 Å². The first-order chi connectivity index (χ1) is 33.0. The van der Waals surface area contributed by atoms with E-state index >= 15 is 0 Å². The van der Waals surface area contributed by atoms with Crippen LogP contribution in [0.5, 0.6) is 0 Å². The molecule has 0 saturated carbocycles. The Kier molecular flexibility index (Phi) is 49.7. The van der Waals surface area contributed by atoms with Crippen LogP contribution in [0.3, 0.4) is 0 Å². The molecule has 1 unspecified atom stereocenters. The van der Waals surface area contributed by atoms with Gasteiger partial charge in [0.2, 0.25) is 0 Å². The second kappa shape index (κ2) is 53.6. The number of hydrogen-bond donors (Lipinski definition) is 0. The van der Waals surface area contributed by atoms with Crippen LogP contribution in [0, 0.1) is 0 Å². The molecule has 0 N–H and O–H groups in total. The van der Waals surface area contributed by atoms with Gasteiger partial charge in [-0.25, -0.2) is 0 Å². The molecule has 0 aliphatic heterocycles. The highest BCUT2D eigenvalue weighted by molar-refractivity contribution is 5.71. The summed E-state index contributed by atoms with van der Waals surface area (Å²) in [4.78, 5) is 38.0. The number of ether oxygens (including phenoxy) is 3. The number of esters is 3. The van der Waals surface area contributed by atoms with E-state index in [1.165, 1.54) is 38.5 Å². The van der Waals surface area contributed by atoms with Gasteiger partial charge in [0.05, 0.1) is 0 Å². The molecule has 0 aromatic heterocycles. The van der Waals surface area contributed by atoms with Gasteiger partial charge in [0.15, 0.2) is 6.10 Å². The Morgan fingerprint density at radius 3 is 1.03 bits per heavy atom. The summed E-state index contributed by atoms with van der Waals surface area (Å²) >= 11 is 0. The van der Waals surface area contributed by atoms with Gasteiger partial charge in [-0.3, -0.25) is 14.4 Å². The topological polar surface area (TPSA) is 78.9 Å². The van der Waals surface area contributed by atoms with E-state index in [9.17, 15) is 14.4 Å². The fraction of sp³-hybridized carbons (Fsp3) is 0.525. The molecule has 0 saturated heterocycles. The summed E-state index contributed by atoms with van der Waals surface area (Å²) in [5.41, 5.74) is 0. The van der Waals surface area contributed by atoms with Crippen LogP contribution in [-0.2, 0) is 28.6 Å². The maximum absolute atomic E-state index is 12.8. The van der Waals surface area contributed by atoms with Crippen molar-refractivity contribution in [2.24, 2.45) is 0 Å². The van der Waals surface area contributed by atoms with Gasteiger partial charge in [-0.1, -0.05) is 243 Å². The zero-order chi connectivity index (χ0) is 48.6. The number of unbranched alkanes of at least 4 members (excludes halogenated alkanes) is 17. The van der Waals surface area contributed by atoms with Gasteiger partial charge in [-0.05, 0) is 83.5 Å². The molecule has 0 bridgehead atoms. The summed E-state index contributed by atoms with van der Waals surface area (Å²) in [5.74, 6) is -1.01. The minimum absolute atomic E-state index is 0.116. The SMILES string of the molecule is CC\C=C/C=C\C=C/C=C\C=C\C=C/C=C\CCCCCC(=O)OCC(COC(=O)CCCCCCC/C=C\CCCCC)OC(=O)CCCCCCC\C=C/C=C\C=C/C=C\C=C/CCC. The minimum Gasteiger partial charge on any atom is -0.462 e. The lowest BCUT2D eigenvalue weighted by Crippen LogP contribution is -2.30. The average molecular weight is 921 g/mol. The van der Waals surface area contributed by atoms with Crippen LogP contribution >= 0.6 is 0 Å². The third kappa shape index (κ3) is 51.9. The Bertz CT molecular complexity index is 1570. The van der Waals surface area contributed by atoms with Crippen molar-refractivity contribution in [1.29, 1.82) is 0 Å².